The number of hydrogen-bond acceptors (Lipinski definition) is 2. The van der Waals surface area contributed by atoms with Crippen molar-refractivity contribution < 1.29 is 4.79 Å². The van der Waals surface area contributed by atoms with Gasteiger partial charge in [-0.2, -0.15) is 0 Å². The molecule has 3 nitrogen and oxygen atoms in total. The minimum Gasteiger partial charge on any atom is -0.353 e. The van der Waals surface area contributed by atoms with E-state index in [9.17, 15) is 4.79 Å². The first-order valence-electron chi connectivity index (χ1n) is 7.29. The molecule has 0 spiro atoms. The summed E-state index contributed by atoms with van der Waals surface area (Å²) >= 11 is 0. The lowest BCUT2D eigenvalue weighted by atomic mass is 9.86. The van der Waals surface area contributed by atoms with Gasteiger partial charge >= 0.3 is 0 Å². The maximum atomic E-state index is 11.9. The van der Waals surface area contributed by atoms with Crippen LogP contribution in [0.25, 0.3) is 0 Å². The highest BCUT2D eigenvalue weighted by Gasteiger charge is 2.22. The lowest BCUT2D eigenvalue weighted by Gasteiger charge is -2.28. The number of nitrogens with one attached hydrogen (secondary N) is 1. The van der Waals surface area contributed by atoms with Gasteiger partial charge in [0.2, 0.25) is 5.91 Å². The van der Waals surface area contributed by atoms with Crippen molar-refractivity contribution in [2.45, 2.75) is 76.3 Å². The average molecular weight is 275 g/mol. The summed E-state index contributed by atoms with van der Waals surface area (Å²) in [4.78, 5) is 11.9. The van der Waals surface area contributed by atoms with Gasteiger partial charge in [0.05, 0.1) is 0 Å². The SMILES string of the molecule is Cl.NC1CCC(NC(=O)CC2CCCCC2)CC1. The third kappa shape index (κ3) is 5.15. The maximum Gasteiger partial charge on any atom is 0.220 e. The first-order chi connectivity index (χ1) is 8.24. The van der Waals surface area contributed by atoms with Crippen LogP contribution < -0.4 is 11.1 Å². The van der Waals surface area contributed by atoms with E-state index >= 15 is 0 Å². The van der Waals surface area contributed by atoms with E-state index in [0.717, 1.165) is 32.1 Å². The largest absolute Gasteiger partial charge is 0.353 e. The van der Waals surface area contributed by atoms with Crippen LogP contribution in [0.1, 0.15) is 64.2 Å². The van der Waals surface area contributed by atoms with E-state index in [2.05, 4.69) is 5.32 Å². The fraction of sp³-hybridized carbons (Fsp3) is 0.929. The third-order valence-electron chi connectivity index (χ3n) is 4.34. The molecule has 0 heterocycles. The predicted octanol–water partition coefficient (Wildman–Crippen LogP) is 2.76. The molecule has 18 heavy (non-hydrogen) atoms. The Hall–Kier alpha value is -0.280. The lowest BCUT2D eigenvalue weighted by molar-refractivity contribution is -0.123. The second-order valence-corrected chi connectivity index (χ2v) is 5.89. The van der Waals surface area contributed by atoms with Crippen molar-refractivity contribution >= 4 is 18.3 Å². The van der Waals surface area contributed by atoms with Gasteiger partial charge < -0.3 is 11.1 Å². The number of amides is 1. The summed E-state index contributed by atoms with van der Waals surface area (Å²) < 4.78 is 0. The van der Waals surface area contributed by atoms with Crippen LogP contribution in [-0.4, -0.2) is 18.0 Å². The van der Waals surface area contributed by atoms with Crippen molar-refractivity contribution in [3.05, 3.63) is 0 Å². The number of hydrogen-bond donors (Lipinski definition) is 2. The molecule has 2 aliphatic carbocycles. The van der Waals surface area contributed by atoms with Gasteiger partial charge in [-0.15, -0.1) is 12.4 Å². The van der Waals surface area contributed by atoms with E-state index in [4.69, 9.17) is 5.73 Å². The molecule has 106 valence electrons. The minimum atomic E-state index is 0. The Bertz CT molecular complexity index is 246. The molecule has 0 unspecified atom stereocenters. The van der Waals surface area contributed by atoms with Crippen molar-refractivity contribution in [3.8, 4) is 0 Å². The highest BCUT2D eigenvalue weighted by molar-refractivity contribution is 5.85. The monoisotopic (exact) mass is 274 g/mol. The van der Waals surface area contributed by atoms with E-state index < -0.39 is 0 Å². The molecule has 2 rings (SSSR count). The zero-order chi connectivity index (χ0) is 12.1. The summed E-state index contributed by atoms with van der Waals surface area (Å²) in [5.41, 5.74) is 5.86. The molecule has 4 heteroatoms. The highest BCUT2D eigenvalue weighted by Crippen LogP contribution is 2.26. The standard InChI is InChI=1S/C14H26N2O.ClH/c15-12-6-8-13(9-7-12)16-14(17)10-11-4-2-1-3-5-11;/h11-13H,1-10,15H2,(H,16,17);1H. The molecule has 0 aromatic heterocycles. The van der Waals surface area contributed by atoms with Gasteiger partial charge in [0, 0.05) is 18.5 Å². The molecule has 1 amide bonds. The molecule has 0 radical (unpaired) electrons. The van der Waals surface area contributed by atoms with Crippen molar-refractivity contribution in [1.82, 2.24) is 5.32 Å². The fourth-order valence-corrected chi connectivity index (χ4v) is 3.20. The Kier molecular flexibility index (Phi) is 7.02. The number of nitrogens with two attached hydrogens (primary N) is 1. The van der Waals surface area contributed by atoms with Gasteiger partial charge in [0.25, 0.3) is 0 Å². The lowest BCUT2D eigenvalue weighted by Crippen LogP contribution is -2.41. The number of rotatable bonds is 3. The molecule has 0 saturated heterocycles. The first-order valence-corrected chi connectivity index (χ1v) is 7.29. The molecule has 2 aliphatic rings. The van der Waals surface area contributed by atoms with Crippen molar-refractivity contribution in [2.24, 2.45) is 11.7 Å². The number of carbonyl (C=O) groups excluding carboxylic acids is 1. The smallest absolute Gasteiger partial charge is 0.220 e. The molecule has 0 aromatic rings. The van der Waals surface area contributed by atoms with Crippen LogP contribution in [0, 0.1) is 5.92 Å². The molecule has 0 atom stereocenters. The normalized spacial score (nSPS) is 29.4. The molecule has 2 fully saturated rings. The van der Waals surface area contributed by atoms with Crippen molar-refractivity contribution in [3.63, 3.8) is 0 Å². The van der Waals surface area contributed by atoms with E-state index in [-0.39, 0.29) is 18.3 Å². The van der Waals surface area contributed by atoms with Crippen molar-refractivity contribution in [1.29, 1.82) is 0 Å². The van der Waals surface area contributed by atoms with Gasteiger partial charge in [-0.1, -0.05) is 19.3 Å². The second kappa shape index (κ2) is 8.00. The van der Waals surface area contributed by atoms with Crippen LogP contribution in [0.3, 0.4) is 0 Å². The first kappa shape index (κ1) is 15.8. The zero-order valence-corrected chi connectivity index (χ0v) is 12.0. The van der Waals surface area contributed by atoms with Crippen LogP contribution in [0.2, 0.25) is 0 Å². The molecule has 0 aliphatic heterocycles. The van der Waals surface area contributed by atoms with Gasteiger partial charge in [-0.05, 0) is 44.4 Å². The minimum absolute atomic E-state index is 0. The zero-order valence-electron chi connectivity index (χ0n) is 11.2. The van der Waals surface area contributed by atoms with E-state index in [1.54, 1.807) is 0 Å². The van der Waals surface area contributed by atoms with E-state index in [1.165, 1.54) is 32.1 Å². The number of carbonyl (C=O) groups is 1. The summed E-state index contributed by atoms with van der Waals surface area (Å²) in [6.45, 7) is 0. The molecule has 3 N–H and O–H groups in total. The van der Waals surface area contributed by atoms with E-state index in [1.807, 2.05) is 0 Å². The molecule has 0 aromatic carbocycles. The van der Waals surface area contributed by atoms with Crippen LogP contribution in [0.15, 0.2) is 0 Å². The summed E-state index contributed by atoms with van der Waals surface area (Å²) in [6, 6.07) is 0.757. The number of halogens is 1. The van der Waals surface area contributed by atoms with Crippen molar-refractivity contribution in [2.75, 3.05) is 0 Å². The van der Waals surface area contributed by atoms with Crippen LogP contribution >= 0.6 is 12.4 Å². The van der Waals surface area contributed by atoms with Gasteiger partial charge in [-0.3, -0.25) is 4.79 Å². The Morgan fingerprint density at radius 3 is 2.22 bits per heavy atom. The summed E-state index contributed by atoms with van der Waals surface area (Å²) in [6.07, 6.45) is 11.5. The Labute approximate surface area is 117 Å². The Morgan fingerprint density at radius 2 is 1.61 bits per heavy atom. The second-order valence-electron chi connectivity index (χ2n) is 5.89. The quantitative estimate of drug-likeness (QED) is 0.831. The van der Waals surface area contributed by atoms with E-state index in [0.29, 0.717) is 18.0 Å². The average Bonchev–Trinajstić information content (AvgIpc) is 2.33. The predicted molar refractivity (Wildman–Crippen MR) is 76.8 cm³/mol. The van der Waals surface area contributed by atoms with Crippen LogP contribution in [0.4, 0.5) is 0 Å². The molecular weight excluding hydrogens is 248 g/mol. The maximum absolute atomic E-state index is 11.9. The van der Waals surface area contributed by atoms with Gasteiger partial charge in [0.15, 0.2) is 0 Å². The Morgan fingerprint density at radius 1 is 1.00 bits per heavy atom. The summed E-state index contributed by atoms with van der Waals surface area (Å²) in [5.74, 6) is 0.923. The molecule has 0 bridgehead atoms. The Balaban J connectivity index is 0.00000162. The van der Waals surface area contributed by atoms with Crippen LogP contribution in [-0.2, 0) is 4.79 Å². The topological polar surface area (TPSA) is 55.1 Å². The third-order valence-corrected chi connectivity index (χ3v) is 4.34. The van der Waals surface area contributed by atoms with Gasteiger partial charge in [-0.25, -0.2) is 0 Å². The van der Waals surface area contributed by atoms with Crippen LogP contribution in [0.5, 0.6) is 0 Å². The van der Waals surface area contributed by atoms with Gasteiger partial charge in [0.1, 0.15) is 0 Å². The molecule has 2 saturated carbocycles. The molecular formula is C14H27ClN2O. The highest BCUT2D eigenvalue weighted by atomic mass is 35.5. The summed E-state index contributed by atoms with van der Waals surface area (Å²) in [7, 11) is 0. The fourth-order valence-electron chi connectivity index (χ4n) is 3.20. The summed E-state index contributed by atoms with van der Waals surface area (Å²) in [5, 5.41) is 3.19.